The first-order valence-electron chi connectivity index (χ1n) is 5.86. The standard InChI is InChI=1S/C12H15F4NO2/c1-2-3-7-19-10(18)17-11(13)6-4-5-9(8-11)12(14,15)16/h4-6H,2-3,7-8H2,1H3,(H,17,18). The van der Waals surface area contributed by atoms with Gasteiger partial charge in [0.05, 0.1) is 6.61 Å². The molecule has 0 aliphatic heterocycles. The summed E-state index contributed by atoms with van der Waals surface area (Å²) in [6.45, 7) is 1.98. The summed E-state index contributed by atoms with van der Waals surface area (Å²) in [6.07, 6.45) is -2.68. The second-order valence-corrected chi connectivity index (χ2v) is 4.20. The highest BCUT2D eigenvalue weighted by Gasteiger charge is 2.42. The number of hydrogen-bond acceptors (Lipinski definition) is 2. The van der Waals surface area contributed by atoms with Crippen LogP contribution in [0, 0.1) is 0 Å². The van der Waals surface area contributed by atoms with Gasteiger partial charge >= 0.3 is 12.3 Å². The highest BCUT2D eigenvalue weighted by molar-refractivity contribution is 5.68. The number of carbonyl (C=O) groups is 1. The normalized spacial score (nSPS) is 22.9. The molecule has 0 saturated heterocycles. The van der Waals surface area contributed by atoms with E-state index < -0.39 is 30.1 Å². The fraction of sp³-hybridized carbons (Fsp3) is 0.583. The molecular weight excluding hydrogens is 266 g/mol. The molecule has 0 heterocycles. The van der Waals surface area contributed by atoms with Crippen molar-refractivity contribution in [3.63, 3.8) is 0 Å². The van der Waals surface area contributed by atoms with E-state index in [1.54, 1.807) is 5.32 Å². The zero-order chi connectivity index (χ0) is 14.5. The number of halogens is 4. The summed E-state index contributed by atoms with van der Waals surface area (Å²) in [5, 5.41) is 1.80. The van der Waals surface area contributed by atoms with Crippen molar-refractivity contribution in [1.29, 1.82) is 0 Å². The molecule has 1 unspecified atom stereocenters. The number of hydrogen-bond donors (Lipinski definition) is 1. The van der Waals surface area contributed by atoms with Crippen LogP contribution in [0.3, 0.4) is 0 Å². The molecule has 0 saturated carbocycles. The first-order valence-corrected chi connectivity index (χ1v) is 5.86. The van der Waals surface area contributed by atoms with Gasteiger partial charge in [-0.05, 0) is 12.5 Å². The molecule has 1 aliphatic rings. The molecule has 19 heavy (non-hydrogen) atoms. The van der Waals surface area contributed by atoms with Crippen LogP contribution < -0.4 is 5.32 Å². The molecule has 0 spiro atoms. The Bertz CT molecular complexity index is 390. The predicted octanol–water partition coefficient (Wildman–Crippen LogP) is 3.63. The van der Waals surface area contributed by atoms with Crippen LogP contribution in [-0.4, -0.2) is 24.7 Å². The van der Waals surface area contributed by atoms with Gasteiger partial charge in [0.15, 0.2) is 0 Å². The predicted molar refractivity (Wildman–Crippen MR) is 61.1 cm³/mol. The van der Waals surface area contributed by atoms with Gasteiger partial charge in [0, 0.05) is 12.0 Å². The van der Waals surface area contributed by atoms with Crippen molar-refractivity contribution >= 4 is 6.09 Å². The van der Waals surface area contributed by atoms with Gasteiger partial charge < -0.3 is 4.74 Å². The summed E-state index contributed by atoms with van der Waals surface area (Å²) in [7, 11) is 0. The number of allylic oxidation sites excluding steroid dienone is 2. The lowest BCUT2D eigenvalue weighted by molar-refractivity contribution is -0.0983. The average Bonchev–Trinajstić information content (AvgIpc) is 2.27. The average molecular weight is 281 g/mol. The van der Waals surface area contributed by atoms with Crippen LogP contribution in [0.2, 0.25) is 0 Å². The summed E-state index contributed by atoms with van der Waals surface area (Å²) < 4.78 is 56.1. The third kappa shape index (κ3) is 4.92. The molecule has 0 radical (unpaired) electrons. The van der Waals surface area contributed by atoms with E-state index in [2.05, 4.69) is 4.74 Å². The Hall–Kier alpha value is -1.53. The summed E-state index contributed by atoms with van der Waals surface area (Å²) in [6, 6.07) is 0. The maximum atomic E-state index is 14.1. The Balaban J connectivity index is 2.57. The van der Waals surface area contributed by atoms with Gasteiger partial charge in [-0.2, -0.15) is 13.2 Å². The Labute approximate surface area is 108 Å². The molecule has 1 atom stereocenters. The SMILES string of the molecule is CCCCOC(=O)NC1(F)C=CC=C(C(F)(F)F)C1. The van der Waals surface area contributed by atoms with E-state index in [9.17, 15) is 22.4 Å². The molecule has 3 nitrogen and oxygen atoms in total. The maximum Gasteiger partial charge on any atom is 0.412 e. The molecule has 1 rings (SSSR count). The number of alkyl carbamates (subject to hydrolysis) is 1. The van der Waals surface area contributed by atoms with Crippen molar-refractivity contribution in [3.05, 3.63) is 23.8 Å². The molecule has 0 aromatic carbocycles. The molecule has 1 N–H and O–H groups in total. The van der Waals surface area contributed by atoms with Gasteiger partial charge in [-0.1, -0.05) is 25.5 Å². The number of amides is 1. The number of carbonyl (C=O) groups excluding carboxylic acids is 1. The van der Waals surface area contributed by atoms with Crippen LogP contribution in [0.5, 0.6) is 0 Å². The molecule has 1 amide bonds. The lowest BCUT2D eigenvalue weighted by Crippen LogP contribution is -2.45. The zero-order valence-electron chi connectivity index (χ0n) is 10.4. The van der Waals surface area contributed by atoms with Crippen LogP contribution in [0.15, 0.2) is 23.8 Å². The van der Waals surface area contributed by atoms with E-state index in [1.807, 2.05) is 6.92 Å². The minimum absolute atomic E-state index is 0.101. The summed E-state index contributed by atoms with van der Waals surface area (Å²) in [5.41, 5.74) is -1.04. The third-order valence-electron chi connectivity index (χ3n) is 2.51. The van der Waals surface area contributed by atoms with E-state index in [-0.39, 0.29) is 6.61 Å². The minimum atomic E-state index is -4.62. The second kappa shape index (κ2) is 6.08. The number of nitrogens with one attached hydrogen (secondary N) is 1. The highest BCUT2D eigenvalue weighted by Crippen LogP contribution is 2.35. The van der Waals surface area contributed by atoms with Crippen LogP contribution in [0.1, 0.15) is 26.2 Å². The van der Waals surface area contributed by atoms with E-state index in [1.165, 1.54) is 0 Å². The monoisotopic (exact) mass is 281 g/mol. The largest absolute Gasteiger partial charge is 0.449 e. The fourth-order valence-corrected chi connectivity index (χ4v) is 1.51. The topological polar surface area (TPSA) is 38.3 Å². The number of unbranched alkanes of at least 4 members (excludes halogenated alkanes) is 1. The van der Waals surface area contributed by atoms with Gasteiger partial charge in [0.2, 0.25) is 5.79 Å². The Morgan fingerprint density at radius 2 is 2.21 bits per heavy atom. The quantitative estimate of drug-likeness (QED) is 0.485. The van der Waals surface area contributed by atoms with Crippen molar-refractivity contribution in [3.8, 4) is 0 Å². The Morgan fingerprint density at radius 3 is 2.79 bits per heavy atom. The van der Waals surface area contributed by atoms with Crippen molar-refractivity contribution in [2.75, 3.05) is 6.61 Å². The summed E-state index contributed by atoms with van der Waals surface area (Å²) in [4.78, 5) is 11.2. The van der Waals surface area contributed by atoms with Crippen molar-refractivity contribution in [2.24, 2.45) is 0 Å². The smallest absolute Gasteiger partial charge is 0.412 e. The molecule has 0 bridgehead atoms. The van der Waals surface area contributed by atoms with Gasteiger partial charge in [-0.3, -0.25) is 5.32 Å². The van der Waals surface area contributed by atoms with E-state index in [0.29, 0.717) is 6.42 Å². The van der Waals surface area contributed by atoms with Crippen molar-refractivity contribution < 1.29 is 27.1 Å². The van der Waals surface area contributed by atoms with Crippen LogP contribution in [0.25, 0.3) is 0 Å². The number of ether oxygens (including phenoxy) is 1. The number of rotatable bonds is 4. The highest BCUT2D eigenvalue weighted by atomic mass is 19.4. The van der Waals surface area contributed by atoms with E-state index in [4.69, 9.17) is 0 Å². The van der Waals surface area contributed by atoms with E-state index in [0.717, 1.165) is 24.6 Å². The van der Waals surface area contributed by atoms with Crippen molar-refractivity contribution in [2.45, 2.75) is 38.2 Å². The molecule has 1 aliphatic carbocycles. The lowest BCUT2D eigenvalue weighted by Gasteiger charge is -2.27. The zero-order valence-corrected chi connectivity index (χ0v) is 10.4. The summed E-state index contributed by atoms with van der Waals surface area (Å²) >= 11 is 0. The lowest BCUT2D eigenvalue weighted by atomic mass is 9.98. The van der Waals surface area contributed by atoms with Crippen LogP contribution in [0.4, 0.5) is 22.4 Å². The third-order valence-corrected chi connectivity index (χ3v) is 2.51. The molecule has 0 aromatic heterocycles. The summed E-state index contributed by atoms with van der Waals surface area (Å²) in [5.74, 6) is -2.57. The number of alkyl halides is 4. The van der Waals surface area contributed by atoms with Crippen LogP contribution in [-0.2, 0) is 4.74 Å². The van der Waals surface area contributed by atoms with Gasteiger partial charge in [0.25, 0.3) is 0 Å². The van der Waals surface area contributed by atoms with Gasteiger partial charge in [0.1, 0.15) is 0 Å². The first-order chi connectivity index (χ1) is 8.77. The van der Waals surface area contributed by atoms with Crippen molar-refractivity contribution in [1.82, 2.24) is 5.32 Å². The molecule has 0 aromatic rings. The van der Waals surface area contributed by atoms with Gasteiger partial charge in [-0.15, -0.1) is 0 Å². The fourth-order valence-electron chi connectivity index (χ4n) is 1.51. The molecule has 0 fully saturated rings. The Morgan fingerprint density at radius 1 is 1.53 bits per heavy atom. The molecular formula is C12H15F4NO2. The first kappa shape index (κ1) is 15.5. The Kier molecular flexibility index (Phi) is 4.97. The van der Waals surface area contributed by atoms with Crippen LogP contribution >= 0.6 is 0 Å². The van der Waals surface area contributed by atoms with Gasteiger partial charge in [-0.25, -0.2) is 9.18 Å². The maximum absolute atomic E-state index is 14.1. The molecule has 108 valence electrons. The minimum Gasteiger partial charge on any atom is -0.449 e. The van der Waals surface area contributed by atoms with E-state index >= 15 is 0 Å². The second-order valence-electron chi connectivity index (χ2n) is 4.20. The molecule has 7 heteroatoms.